The number of hydrogen-bond donors (Lipinski definition) is 0. The quantitative estimate of drug-likeness (QED) is 0.479. The molecule has 0 spiro atoms. The summed E-state index contributed by atoms with van der Waals surface area (Å²) in [4.78, 5) is 0. The number of hydrogen-bond acceptors (Lipinski definition) is 3. The van der Waals surface area contributed by atoms with Gasteiger partial charge in [-0.15, -0.1) is 0 Å². The predicted octanol–water partition coefficient (Wildman–Crippen LogP) is 2.79. The summed E-state index contributed by atoms with van der Waals surface area (Å²) in [7, 11) is -2.80. The van der Waals surface area contributed by atoms with Crippen molar-refractivity contribution in [1.29, 1.82) is 0 Å². The zero-order valence-electron chi connectivity index (χ0n) is 7.24. The lowest BCUT2D eigenvalue weighted by molar-refractivity contribution is 0.263. The first-order valence-corrected chi connectivity index (χ1v) is 5.44. The van der Waals surface area contributed by atoms with Gasteiger partial charge < -0.3 is 9.05 Å². The van der Waals surface area contributed by atoms with Crippen LogP contribution in [0.5, 0.6) is 0 Å². The number of rotatable bonds is 5. The van der Waals surface area contributed by atoms with Crippen LogP contribution in [0.25, 0.3) is 0 Å². The Morgan fingerprint density at radius 1 is 1.45 bits per heavy atom. The van der Waals surface area contributed by atoms with E-state index in [0.29, 0.717) is 12.8 Å². The summed E-state index contributed by atoms with van der Waals surface area (Å²) in [6.07, 6.45) is 3.49. The van der Waals surface area contributed by atoms with E-state index in [9.17, 15) is 4.57 Å². The van der Waals surface area contributed by atoms with Gasteiger partial charge in [0.1, 0.15) is 0 Å². The fourth-order valence-electron chi connectivity index (χ4n) is 0.547. The molecular formula is C7H15O3P. The first-order valence-electron chi connectivity index (χ1n) is 3.71. The van der Waals surface area contributed by atoms with Gasteiger partial charge in [-0.2, -0.15) is 0 Å². The molecule has 1 atom stereocenters. The van der Waals surface area contributed by atoms with E-state index < -0.39 is 7.60 Å². The zero-order valence-corrected chi connectivity index (χ0v) is 8.14. The van der Waals surface area contributed by atoms with E-state index in [1.165, 1.54) is 6.26 Å². The molecule has 0 amide bonds. The molecule has 3 nitrogen and oxygen atoms in total. The Morgan fingerprint density at radius 3 is 2.45 bits per heavy atom. The summed E-state index contributed by atoms with van der Waals surface area (Å²) in [6.45, 7) is 5.79. The molecule has 0 saturated carbocycles. The smallest absolute Gasteiger partial charge is 0.378 e. The van der Waals surface area contributed by atoms with Gasteiger partial charge in [0.15, 0.2) is 0 Å². The highest BCUT2D eigenvalue weighted by atomic mass is 31.2. The molecule has 0 aromatic heterocycles. The van der Waals surface area contributed by atoms with E-state index in [1.807, 2.05) is 0 Å². The van der Waals surface area contributed by atoms with Gasteiger partial charge in [-0.05, 0) is 13.8 Å². The minimum absolute atomic E-state index is 0.408. The Hall–Kier alpha value is -0.270. The third-order valence-corrected chi connectivity index (χ3v) is 2.94. The number of allylic oxidation sites excluding steroid dienone is 1. The molecule has 0 saturated heterocycles. The van der Waals surface area contributed by atoms with Crippen LogP contribution in [0.1, 0.15) is 20.8 Å². The highest BCUT2D eigenvalue weighted by molar-refractivity contribution is 7.53. The van der Waals surface area contributed by atoms with Crippen LogP contribution >= 0.6 is 7.60 Å². The Labute approximate surface area is 67.9 Å². The second kappa shape index (κ2) is 5.39. The molecule has 0 bridgehead atoms. The lowest BCUT2D eigenvalue weighted by atomic mass is 10.8. The summed E-state index contributed by atoms with van der Waals surface area (Å²) in [5.41, 5.74) is 0. The van der Waals surface area contributed by atoms with Crippen molar-refractivity contribution in [3.05, 3.63) is 12.3 Å². The standard InChI is InChI=1S/C7H15O3P/c1-4-7-10-11(8,6-3)9-5-2/h4,7H,5-6H2,1-3H3. The molecule has 0 N–H and O–H groups in total. The maximum Gasteiger partial charge on any atom is 0.378 e. The van der Waals surface area contributed by atoms with Gasteiger partial charge in [0.05, 0.1) is 19.0 Å². The molecule has 0 aliphatic rings. The molecule has 4 heteroatoms. The second-order valence-electron chi connectivity index (χ2n) is 1.92. The predicted molar refractivity (Wildman–Crippen MR) is 45.7 cm³/mol. The van der Waals surface area contributed by atoms with Crippen molar-refractivity contribution in [3.8, 4) is 0 Å². The van der Waals surface area contributed by atoms with Crippen LogP contribution in [0, 0.1) is 0 Å². The largest absolute Gasteiger partial charge is 0.433 e. The average molecular weight is 178 g/mol. The lowest BCUT2D eigenvalue weighted by Gasteiger charge is -2.13. The fourth-order valence-corrected chi connectivity index (χ4v) is 1.64. The third-order valence-electron chi connectivity index (χ3n) is 1.07. The Balaban J connectivity index is 3.99. The van der Waals surface area contributed by atoms with Crippen molar-refractivity contribution >= 4 is 7.60 Å². The summed E-state index contributed by atoms with van der Waals surface area (Å²) in [6, 6.07) is 0. The summed E-state index contributed by atoms with van der Waals surface area (Å²) >= 11 is 0. The molecule has 1 unspecified atom stereocenters. The SMILES string of the molecule is CC=COP(=O)(CC)OCC. The molecule has 0 heterocycles. The summed E-state index contributed by atoms with van der Waals surface area (Å²) < 4.78 is 21.3. The van der Waals surface area contributed by atoms with Crippen LogP contribution in [0.15, 0.2) is 12.3 Å². The maximum absolute atomic E-state index is 11.4. The molecule has 0 fully saturated rings. The lowest BCUT2D eigenvalue weighted by Crippen LogP contribution is -1.93. The van der Waals surface area contributed by atoms with Crippen molar-refractivity contribution in [3.63, 3.8) is 0 Å². The van der Waals surface area contributed by atoms with Crippen molar-refractivity contribution in [2.24, 2.45) is 0 Å². The van der Waals surface area contributed by atoms with E-state index in [4.69, 9.17) is 9.05 Å². The van der Waals surface area contributed by atoms with Crippen LogP contribution in [0.2, 0.25) is 0 Å². The fraction of sp³-hybridized carbons (Fsp3) is 0.714. The Kier molecular flexibility index (Phi) is 5.26. The normalized spacial score (nSPS) is 16.6. The van der Waals surface area contributed by atoms with Crippen LogP contribution in [0.3, 0.4) is 0 Å². The van der Waals surface area contributed by atoms with E-state index in [0.717, 1.165) is 0 Å². The van der Waals surface area contributed by atoms with Crippen LogP contribution in [-0.2, 0) is 13.6 Å². The Morgan fingerprint density at radius 2 is 2.09 bits per heavy atom. The Bertz CT molecular complexity index is 165. The van der Waals surface area contributed by atoms with Gasteiger partial charge in [-0.3, -0.25) is 0 Å². The van der Waals surface area contributed by atoms with Crippen molar-refractivity contribution in [1.82, 2.24) is 0 Å². The molecule has 0 rings (SSSR count). The van der Waals surface area contributed by atoms with Crippen molar-refractivity contribution < 1.29 is 13.6 Å². The highest BCUT2D eigenvalue weighted by Gasteiger charge is 2.19. The maximum atomic E-state index is 11.4. The van der Waals surface area contributed by atoms with Gasteiger partial charge in [0, 0.05) is 0 Å². The molecular weight excluding hydrogens is 163 g/mol. The zero-order chi connectivity index (χ0) is 8.74. The van der Waals surface area contributed by atoms with E-state index >= 15 is 0 Å². The van der Waals surface area contributed by atoms with Crippen LogP contribution in [0.4, 0.5) is 0 Å². The molecule has 0 radical (unpaired) electrons. The summed E-state index contributed by atoms with van der Waals surface area (Å²) in [5, 5.41) is 0. The van der Waals surface area contributed by atoms with Crippen molar-refractivity contribution in [2.45, 2.75) is 20.8 Å². The minimum atomic E-state index is -2.80. The monoisotopic (exact) mass is 178 g/mol. The average Bonchev–Trinajstić information content (AvgIpc) is 2.02. The van der Waals surface area contributed by atoms with E-state index in [1.54, 1.807) is 26.8 Å². The topological polar surface area (TPSA) is 35.5 Å². The van der Waals surface area contributed by atoms with E-state index in [2.05, 4.69) is 0 Å². The third kappa shape index (κ3) is 4.23. The minimum Gasteiger partial charge on any atom is -0.433 e. The van der Waals surface area contributed by atoms with Crippen LogP contribution < -0.4 is 0 Å². The van der Waals surface area contributed by atoms with Gasteiger partial charge in [0.2, 0.25) is 0 Å². The molecule has 11 heavy (non-hydrogen) atoms. The van der Waals surface area contributed by atoms with Gasteiger partial charge >= 0.3 is 7.60 Å². The highest BCUT2D eigenvalue weighted by Crippen LogP contribution is 2.47. The molecule has 0 aliphatic carbocycles. The van der Waals surface area contributed by atoms with Crippen LogP contribution in [-0.4, -0.2) is 12.8 Å². The van der Waals surface area contributed by atoms with E-state index in [-0.39, 0.29) is 0 Å². The molecule has 0 aromatic carbocycles. The molecule has 0 aromatic rings. The van der Waals surface area contributed by atoms with Gasteiger partial charge in [-0.1, -0.05) is 13.0 Å². The van der Waals surface area contributed by atoms with Crippen molar-refractivity contribution in [2.75, 3.05) is 12.8 Å². The van der Waals surface area contributed by atoms with Gasteiger partial charge in [0.25, 0.3) is 0 Å². The summed E-state index contributed by atoms with van der Waals surface area (Å²) in [5.74, 6) is 0. The second-order valence-corrected chi connectivity index (χ2v) is 4.24. The molecule has 0 aliphatic heterocycles. The first kappa shape index (κ1) is 10.7. The van der Waals surface area contributed by atoms with Gasteiger partial charge in [-0.25, -0.2) is 4.57 Å². The first-order chi connectivity index (χ1) is 5.18. The molecule has 66 valence electrons.